The van der Waals surface area contributed by atoms with Crippen LogP contribution in [0, 0.1) is 0 Å². The molecule has 2 rings (SSSR count). The second-order valence-electron chi connectivity index (χ2n) is 8.35. The molecule has 0 bridgehead atoms. The molecule has 2 aromatic rings. The predicted octanol–water partition coefficient (Wildman–Crippen LogP) is 4.40. The molecule has 13 heteroatoms. The van der Waals surface area contributed by atoms with Gasteiger partial charge in [0.25, 0.3) is 0 Å². The van der Waals surface area contributed by atoms with Gasteiger partial charge in [-0.3, -0.25) is 9.59 Å². The molecule has 208 valence electrons. The second kappa shape index (κ2) is 16.6. The molecular weight excluding hydrogens is 565 g/mol. The van der Waals surface area contributed by atoms with Crippen LogP contribution in [0.5, 0.6) is 11.5 Å². The Bertz CT molecular complexity index is 1190. The summed E-state index contributed by atoms with van der Waals surface area (Å²) in [5.74, 6) is -1.11. The average molecular weight is 595 g/mol. The fraction of sp³-hybridized carbons (Fsp3) is 0.346. The Hall–Kier alpha value is -3.34. The Labute approximate surface area is 237 Å². The molecule has 0 saturated carbocycles. The molecule has 0 spiro atoms. The highest BCUT2D eigenvalue weighted by atomic mass is 32.9. The third kappa shape index (κ3) is 12.8. The zero-order valence-corrected chi connectivity index (χ0v) is 24.0. The fourth-order valence-corrected chi connectivity index (χ4v) is 4.07. The third-order valence-corrected chi connectivity index (χ3v) is 6.06. The van der Waals surface area contributed by atoms with Gasteiger partial charge in [-0.05, 0) is 55.2 Å². The van der Waals surface area contributed by atoms with Crippen LogP contribution in [0.1, 0.15) is 43.7 Å². The highest BCUT2D eigenvalue weighted by Gasteiger charge is 2.28. The van der Waals surface area contributed by atoms with E-state index < -0.39 is 30.3 Å². The Morgan fingerprint density at radius 3 is 2.13 bits per heavy atom. The van der Waals surface area contributed by atoms with Crippen LogP contribution < -0.4 is 14.8 Å². The van der Waals surface area contributed by atoms with E-state index in [1.165, 1.54) is 19.1 Å². The Morgan fingerprint density at radius 1 is 0.923 bits per heavy atom. The number of methoxy groups -OCH3 is 1. The molecule has 0 heterocycles. The van der Waals surface area contributed by atoms with Crippen molar-refractivity contribution in [3.05, 3.63) is 59.7 Å². The lowest BCUT2D eigenvalue weighted by Crippen LogP contribution is -2.42. The first-order chi connectivity index (χ1) is 18.5. The first-order valence-electron chi connectivity index (χ1n) is 11.9. The highest BCUT2D eigenvalue weighted by molar-refractivity contribution is 8.54. The molecule has 2 aromatic carbocycles. The van der Waals surface area contributed by atoms with E-state index in [1.807, 2.05) is 12.1 Å². The molecule has 0 aliphatic heterocycles. The molecule has 2 unspecified atom stereocenters. The van der Waals surface area contributed by atoms with Crippen LogP contribution in [-0.2, 0) is 53.1 Å². The lowest BCUT2D eigenvalue weighted by atomic mass is 10.0. The zero-order chi connectivity index (χ0) is 28.8. The van der Waals surface area contributed by atoms with E-state index in [1.54, 1.807) is 31.4 Å². The summed E-state index contributed by atoms with van der Waals surface area (Å²) in [5, 5.41) is 2.68. The van der Waals surface area contributed by atoms with Crippen molar-refractivity contribution in [2.45, 2.75) is 51.5 Å². The van der Waals surface area contributed by atoms with E-state index in [0.717, 1.165) is 5.56 Å². The molecule has 0 saturated heterocycles. The first-order valence-corrected chi connectivity index (χ1v) is 15.3. The van der Waals surface area contributed by atoms with Gasteiger partial charge < -0.3 is 24.3 Å². The molecule has 39 heavy (non-hydrogen) atoms. The number of carbonyl (C=O) groups is 5. The summed E-state index contributed by atoms with van der Waals surface area (Å²) in [6.07, 6.45) is -1.82. The standard InChI is InChI=1S/C26H28NO9PS2/c1-17(28)4-3-5-24(30)35-26(32)34-21-13-8-19(9-14-21)16-22(25(31)36-37(38)39)27-23(29)15-10-18-6-11-20(33-2)12-7-18/h6-9,11-14,22H,3-5,10,15-16H2,1-2H3,(H-,27,29,38,39)/p+1. The minimum Gasteiger partial charge on any atom is -0.497 e. The van der Waals surface area contributed by atoms with E-state index in [4.69, 9.17) is 25.8 Å². The number of aryl methyl sites for hydroxylation is 1. The number of benzene rings is 2. The number of ketones is 1. The zero-order valence-electron chi connectivity index (χ0n) is 21.4. The number of amides is 1. The van der Waals surface area contributed by atoms with Gasteiger partial charge >= 0.3 is 24.2 Å². The molecule has 0 aromatic heterocycles. The normalized spacial score (nSPS) is 11.5. The van der Waals surface area contributed by atoms with Gasteiger partial charge in [0.05, 0.1) is 7.11 Å². The Kier molecular flexibility index (Phi) is 13.6. The first kappa shape index (κ1) is 31.9. The Balaban J connectivity index is 1.93. The smallest absolute Gasteiger partial charge is 0.497 e. The summed E-state index contributed by atoms with van der Waals surface area (Å²) in [5.41, 5.74) is 1.56. The SMILES string of the molecule is COc1ccc(CCC(=O)NC(Cc2ccc(OC(=O)OC(=O)CCCC(C)=O)cc2)C(=O)O[P+](=S)S)cc1. The van der Waals surface area contributed by atoms with Crippen molar-refractivity contribution in [3.63, 3.8) is 0 Å². The number of nitrogens with one attached hydrogen (secondary N) is 1. The van der Waals surface area contributed by atoms with Gasteiger partial charge in [-0.2, -0.15) is 0 Å². The molecule has 1 N–H and O–H groups in total. The minimum absolute atomic E-state index is 0.0651. The third-order valence-electron chi connectivity index (χ3n) is 5.26. The van der Waals surface area contributed by atoms with Crippen LogP contribution >= 0.6 is 18.4 Å². The predicted molar refractivity (Wildman–Crippen MR) is 149 cm³/mol. The van der Waals surface area contributed by atoms with E-state index in [2.05, 4.69) is 22.3 Å². The lowest BCUT2D eigenvalue weighted by Gasteiger charge is -2.15. The maximum atomic E-state index is 12.6. The van der Waals surface area contributed by atoms with Crippen LogP contribution in [0.2, 0.25) is 0 Å². The van der Waals surface area contributed by atoms with Gasteiger partial charge in [-0.1, -0.05) is 24.3 Å². The van der Waals surface area contributed by atoms with E-state index in [0.29, 0.717) is 17.7 Å². The van der Waals surface area contributed by atoms with Gasteiger partial charge in [0.1, 0.15) is 35.6 Å². The van der Waals surface area contributed by atoms with Crippen LogP contribution in [-0.4, -0.2) is 42.9 Å². The van der Waals surface area contributed by atoms with Crippen LogP contribution in [0.25, 0.3) is 0 Å². The molecule has 1 amide bonds. The summed E-state index contributed by atoms with van der Waals surface area (Å²) >= 11 is 8.84. The van der Waals surface area contributed by atoms with Crippen LogP contribution in [0.15, 0.2) is 48.5 Å². The highest BCUT2D eigenvalue weighted by Crippen LogP contribution is 2.28. The molecule has 0 fully saturated rings. The second-order valence-corrected chi connectivity index (χ2v) is 11.9. The lowest BCUT2D eigenvalue weighted by molar-refractivity contribution is -0.139. The molecule has 2 atom stereocenters. The molecule has 10 nitrogen and oxygen atoms in total. The van der Waals surface area contributed by atoms with E-state index in [9.17, 15) is 24.0 Å². The average Bonchev–Trinajstić information content (AvgIpc) is 2.87. The number of carbonyl (C=O) groups excluding carboxylic acids is 5. The molecule has 0 aliphatic rings. The van der Waals surface area contributed by atoms with Gasteiger partial charge in [0.2, 0.25) is 17.7 Å². The van der Waals surface area contributed by atoms with Crippen LogP contribution in [0.3, 0.4) is 0 Å². The van der Waals surface area contributed by atoms with Crippen molar-refractivity contribution in [1.82, 2.24) is 5.32 Å². The summed E-state index contributed by atoms with van der Waals surface area (Å²) in [6, 6.07) is 12.3. The summed E-state index contributed by atoms with van der Waals surface area (Å²) in [7, 11) is 1.57. The number of hydrogen-bond acceptors (Lipinski definition) is 10. The summed E-state index contributed by atoms with van der Waals surface area (Å²) in [6.45, 7) is 1.41. The quantitative estimate of drug-likeness (QED) is 0.107. The summed E-state index contributed by atoms with van der Waals surface area (Å²) in [4.78, 5) is 59.6. The molecule has 0 aliphatic carbocycles. The van der Waals surface area contributed by atoms with Crippen molar-refractivity contribution in [2.75, 3.05) is 7.11 Å². The van der Waals surface area contributed by atoms with Crippen molar-refractivity contribution in [1.29, 1.82) is 0 Å². The molecular formula is C26H29NO9PS2+. The number of esters is 1. The molecule has 0 radical (unpaired) electrons. The van der Waals surface area contributed by atoms with Gasteiger partial charge in [-0.15, -0.1) is 0 Å². The monoisotopic (exact) mass is 594 g/mol. The topological polar surface area (TPSA) is 134 Å². The Morgan fingerprint density at radius 2 is 1.54 bits per heavy atom. The number of hydrogen-bond donors (Lipinski definition) is 2. The van der Waals surface area contributed by atoms with Gasteiger partial charge in [0.15, 0.2) is 0 Å². The van der Waals surface area contributed by atoms with E-state index >= 15 is 0 Å². The maximum Gasteiger partial charge on any atom is 0.521 e. The summed E-state index contributed by atoms with van der Waals surface area (Å²) < 4.78 is 19.7. The van der Waals surface area contributed by atoms with Gasteiger partial charge in [-0.25, -0.2) is 14.1 Å². The van der Waals surface area contributed by atoms with Crippen molar-refractivity contribution in [2.24, 2.45) is 0 Å². The number of rotatable bonds is 14. The largest absolute Gasteiger partial charge is 0.521 e. The van der Waals surface area contributed by atoms with Crippen LogP contribution in [0.4, 0.5) is 4.79 Å². The number of Topliss-reactive ketones (excluding diaryl/α,β-unsaturated/α-hetero) is 1. The minimum atomic E-state index is -1.70. The number of thiol groups is 1. The van der Waals surface area contributed by atoms with Gasteiger partial charge in [0, 0.05) is 25.7 Å². The van der Waals surface area contributed by atoms with Crippen molar-refractivity contribution < 1.29 is 42.7 Å². The van der Waals surface area contributed by atoms with Crippen molar-refractivity contribution in [3.8, 4) is 11.5 Å². The maximum absolute atomic E-state index is 12.6. The van der Waals surface area contributed by atoms with E-state index in [-0.39, 0.29) is 49.5 Å². The van der Waals surface area contributed by atoms with Crippen molar-refractivity contribution >= 4 is 60.0 Å². The fourth-order valence-electron chi connectivity index (χ4n) is 3.32. The number of ether oxygens (including phenoxy) is 3.